The number of allylic oxidation sites excluding steroid dienone is 2. The minimum atomic E-state index is -1.33. The maximum absolute atomic E-state index is 14.1. The second kappa shape index (κ2) is 5.80. The van der Waals surface area contributed by atoms with E-state index < -0.39 is 5.67 Å². The van der Waals surface area contributed by atoms with Crippen molar-refractivity contribution >= 4 is 5.57 Å². The van der Waals surface area contributed by atoms with Crippen molar-refractivity contribution in [3.63, 3.8) is 0 Å². The fourth-order valence-electron chi connectivity index (χ4n) is 2.35. The van der Waals surface area contributed by atoms with Crippen molar-refractivity contribution in [1.29, 1.82) is 0 Å². The lowest BCUT2D eigenvalue weighted by Gasteiger charge is -2.16. The van der Waals surface area contributed by atoms with Crippen LogP contribution in [0.1, 0.15) is 44.5 Å². The summed E-state index contributed by atoms with van der Waals surface area (Å²) in [5.41, 5.74) is 4.69. The first-order valence-corrected chi connectivity index (χ1v) is 7.22. The molecule has 0 aliphatic carbocycles. The van der Waals surface area contributed by atoms with E-state index in [9.17, 15) is 4.39 Å². The largest absolute Gasteiger partial charge is 0.256 e. The summed E-state index contributed by atoms with van der Waals surface area (Å²) in [6.45, 7) is 9.28. The summed E-state index contributed by atoms with van der Waals surface area (Å²) in [6, 6.07) is 9.72. The molecule has 0 saturated heterocycles. The van der Waals surface area contributed by atoms with Crippen LogP contribution in [-0.2, 0) is 5.67 Å². The number of nitrogens with zero attached hydrogens (tertiary/aromatic N) is 1. The Kier molecular flexibility index (Phi) is 4.26. The summed E-state index contributed by atoms with van der Waals surface area (Å²) in [6.07, 6.45) is 3.92. The van der Waals surface area contributed by atoms with Gasteiger partial charge in [-0.25, -0.2) is 4.39 Å². The second-order valence-corrected chi connectivity index (χ2v) is 5.91. The molecule has 110 valence electrons. The molecule has 2 aromatic rings. The Balaban J connectivity index is 2.46. The van der Waals surface area contributed by atoms with Crippen LogP contribution in [0.15, 0.2) is 42.6 Å². The van der Waals surface area contributed by atoms with Gasteiger partial charge in [-0.2, -0.15) is 0 Å². The van der Waals surface area contributed by atoms with Gasteiger partial charge in [-0.15, -0.1) is 0 Å². The molecule has 2 heteroatoms. The summed E-state index contributed by atoms with van der Waals surface area (Å²) in [5.74, 6) is 0. The number of alkyl halides is 1. The third-order valence-corrected chi connectivity index (χ3v) is 3.77. The predicted molar refractivity (Wildman–Crippen MR) is 87.9 cm³/mol. The molecule has 0 amide bonds. The molecule has 0 N–H and O–H groups in total. The molecule has 1 aromatic carbocycles. The van der Waals surface area contributed by atoms with Gasteiger partial charge < -0.3 is 0 Å². The fourth-order valence-corrected chi connectivity index (χ4v) is 2.35. The molecule has 0 aliphatic heterocycles. The maximum Gasteiger partial charge on any atom is 0.130 e. The van der Waals surface area contributed by atoms with Gasteiger partial charge >= 0.3 is 0 Å². The number of pyridine rings is 1. The zero-order valence-corrected chi connectivity index (χ0v) is 13.4. The van der Waals surface area contributed by atoms with Crippen LogP contribution in [0.4, 0.5) is 4.39 Å². The molecule has 0 saturated carbocycles. The van der Waals surface area contributed by atoms with Gasteiger partial charge in [-0.3, -0.25) is 4.98 Å². The summed E-state index contributed by atoms with van der Waals surface area (Å²) >= 11 is 0. The minimum Gasteiger partial charge on any atom is -0.256 e. The SMILES string of the molecule is C/C=C(/C)c1ncc(-c2cccc(C(C)(C)F)c2)cc1C. The lowest BCUT2D eigenvalue weighted by molar-refractivity contribution is 0.221. The van der Waals surface area contributed by atoms with E-state index >= 15 is 0 Å². The van der Waals surface area contributed by atoms with Crippen molar-refractivity contribution in [1.82, 2.24) is 4.98 Å². The summed E-state index contributed by atoms with van der Waals surface area (Å²) in [7, 11) is 0. The molecular formula is C19H22FN. The monoisotopic (exact) mass is 283 g/mol. The van der Waals surface area contributed by atoms with E-state index in [0.29, 0.717) is 5.56 Å². The zero-order chi connectivity index (χ0) is 15.6. The van der Waals surface area contributed by atoms with Gasteiger partial charge in [0.1, 0.15) is 5.67 Å². The Hall–Kier alpha value is -1.96. The standard InChI is InChI=1S/C19H22FN/c1-6-13(2)18-14(3)10-16(12-21-18)15-8-7-9-17(11-15)19(4,5)20/h6-12H,1-5H3/b13-6-. The topological polar surface area (TPSA) is 12.9 Å². The number of aromatic nitrogens is 1. The van der Waals surface area contributed by atoms with E-state index in [1.165, 1.54) is 0 Å². The van der Waals surface area contributed by atoms with E-state index in [-0.39, 0.29) is 0 Å². The molecule has 0 spiro atoms. The molecule has 1 heterocycles. The average Bonchev–Trinajstić information content (AvgIpc) is 2.45. The molecule has 0 radical (unpaired) electrons. The molecule has 0 bridgehead atoms. The van der Waals surface area contributed by atoms with Gasteiger partial charge in [0.05, 0.1) is 5.69 Å². The van der Waals surface area contributed by atoms with Gasteiger partial charge in [0.2, 0.25) is 0 Å². The van der Waals surface area contributed by atoms with Crippen molar-refractivity contribution in [2.75, 3.05) is 0 Å². The number of hydrogen-bond acceptors (Lipinski definition) is 1. The average molecular weight is 283 g/mol. The van der Waals surface area contributed by atoms with Crippen LogP contribution in [-0.4, -0.2) is 4.98 Å². The third-order valence-electron chi connectivity index (χ3n) is 3.77. The normalized spacial score (nSPS) is 12.6. The molecule has 2 rings (SSSR count). The first-order valence-electron chi connectivity index (χ1n) is 7.22. The van der Waals surface area contributed by atoms with E-state index in [1.54, 1.807) is 13.8 Å². The number of rotatable bonds is 3. The van der Waals surface area contributed by atoms with Gasteiger partial charge in [-0.05, 0) is 69.0 Å². The summed E-state index contributed by atoms with van der Waals surface area (Å²) in [5, 5.41) is 0. The van der Waals surface area contributed by atoms with E-state index in [4.69, 9.17) is 0 Å². The lowest BCUT2D eigenvalue weighted by Crippen LogP contribution is -2.08. The third kappa shape index (κ3) is 3.38. The molecule has 1 aromatic heterocycles. The maximum atomic E-state index is 14.1. The number of aryl methyl sites for hydroxylation is 1. The van der Waals surface area contributed by atoms with Gasteiger partial charge in [0, 0.05) is 11.8 Å². The molecular weight excluding hydrogens is 261 g/mol. The van der Waals surface area contributed by atoms with Crippen molar-refractivity contribution in [2.24, 2.45) is 0 Å². The molecule has 21 heavy (non-hydrogen) atoms. The Morgan fingerprint density at radius 3 is 2.48 bits per heavy atom. The Labute approximate surface area is 126 Å². The second-order valence-electron chi connectivity index (χ2n) is 5.91. The first-order chi connectivity index (χ1) is 9.82. The van der Waals surface area contributed by atoms with Crippen molar-refractivity contribution in [3.8, 4) is 11.1 Å². The van der Waals surface area contributed by atoms with Gasteiger partial charge in [-0.1, -0.05) is 24.3 Å². The summed E-state index contributed by atoms with van der Waals surface area (Å²) < 4.78 is 14.1. The van der Waals surface area contributed by atoms with Crippen LogP contribution in [0, 0.1) is 6.92 Å². The number of halogens is 1. The van der Waals surface area contributed by atoms with E-state index in [0.717, 1.165) is 28.0 Å². The smallest absolute Gasteiger partial charge is 0.130 e. The molecule has 0 atom stereocenters. The van der Waals surface area contributed by atoms with Crippen molar-refractivity contribution in [3.05, 3.63) is 59.4 Å². The van der Waals surface area contributed by atoms with Crippen LogP contribution in [0.5, 0.6) is 0 Å². The highest BCUT2D eigenvalue weighted by atomic mass is 19.1. The van der Waals surface area contributed by atoms with Crippen LogP contribution in [0.2, 0.25) is 0 Å². The fraction of sp³-hybridized carbons (Fsp3) is 0.316. The van der Waals surface area contributed by atoms with Crippen molar-refractivity contribution < 1.29 is 4.39 Å². The van der Waals surface area contributed by atoms with E-state index in [2.05, 4.69) is 31.0 Å². The minimum absolute atomic E-state index is 0.686. The number of hydrogen-bond donors (Lipinski definition) is 0. The predicted octanol–water partition coefficient (Wildman–Crippen LogP) is 5.68. The first kappa shape index (κ1) is 15.4. The quantitative estimate of drug-likeness (QED) is 0.705. The molecule has 0 fully saturated rings. The zero-order valence-electron chi connectivity index (χ0n) is 13.4. The highest BCUT2D eigenvalue weighted by Gasteiger charge is 2.19. The Morgan fingerprint density at radius 1 is 1.19 bits per heavy atom. The molecule has 0 unspecified atom stereocenters. The van der Waals surface area contributed by atoms with Crippen LogP contribution in [0.3, 0.4) is 0 Å². The van der Waals surface area contributed by atoms with Gasteiger partial charge in [0.25, 0.3) is 0 Å². The molecule has 0 aliphatic rings. The highest BCUT2D eigenvalue weighted by Crippen LogP contribution is 2.29. The van der Waals surface area contributed by atoms with Crippen LogP contribution >= 0.6 is 0 Å². The number of benzene rings is 1. The van der Waals surface area contributed by atoms with E-state index in [1.807, 2.05) is 37.4 Å². The Morgan fingerprint density at radius 2 is 1.90 bits per heavy atom. The van der Waals surface area contributed by atoms with Crippen molar-refractivity contribution in [2.45, 2.75) is 40.3 Å². The lowest BCUT2D eigenvalue weighted by atomic mass is 9.95. The Bertz CT molecular complexity index is 678. The molecule has 1 nitrogen and oxygen atoms in total. The van der Waals surface area contributed by atoms with Crippen LogP contribution < -0.4 is 0 Å². The van der Waals surface area contributed by atoms with Crippen LogP contribution in [0.25, 0.3) is 16.7 Å². The van der Waals surface area contributed by atoms with Gasteiger partial charge in [0.15, 0.2) is 0 Å². The highest BCUT2D eigenvalue weighted by molar-refractivity contribution is 5.69. The summed E-state index contributed by atoms with van der Waals surface area (Å²) in [4.78, 5) is 4.56.